The second-order valence-corrected chi connectivity index (χ2v) is 7.37. The van der Waals surface area contributed by atoms with Crippen LogP contribution in [-0.2, 0) is 9.84 Å². The number of halogens is 2. The molecule has 2 N–H and O–H groups in total. The summed E-state index contributed by atoms with van der Waals surface area (Å²) < 4.78 is 49.6. The van der Waals surface area contributed by atoms with E-state index in [9.17, 15) is 22.3 Å². The Hall–Kier alpha value is -1.05. The van der Waals surface area contributed by atoms with Crippen LogP contribution in [0, 0.1) is 11.6 Å². The summed E-state index contributed by atoms with van der Waals surface area (Å²) in [5, 5.41) is 12.2. The predicted molar refractivity (Wildman–Crippen MR) is 71.0 cm³/mol. The van der Waals surface area contributed by atoms with Crippen molar-refractivity contribution in [2.24, 2.45) is 0 Å². The molecular formula is C13H17F2NO3S. The first-order valence-corrected chi connectivity index (χ1v) is 8.17. The Bertz CT molecular complexity index is 577. The summed E-state index contributed by atoms with van der Waals surface area (Å²) in [5.74, 6) is -1.12. The zero-order valence-electron chi connectivity index (χ0n) is 10.9. The van der Waals surface area contributed by atoms with Crippen molar-refractivity contribution in [1.29, 1.82) is 0 Å². The number of rotatable bonds is 5. The van der Waals surface area contributed by atoms with Crippen LogP contribution in [0.15, 0.2) is 18.2 Å². The highest BCUT2D eigenvalue weighted by atomic mass is 32.2. The molecule has 1 aromatic carbocycles. The Morgan fingerprint density at radius 2 is 2.15 bits per heavy atom. The Labute approximate surface area is 116 Å². The maximum Gasteiger partial charge on any atom is 0.154 e. The number of hydrogen-bond acceptors (Lipinski definition) is 4. The monoisotopic (exact) mass is 305 g/mol. The van der Waals surface area contributed by atoms with E-state index >= 15 is 0 Å². The molecule has 20 heavy (non-hydrogen) atoms. The van der Waals surface area contributed by atoms with Crippen LogP contribution in [0.5, 0.6) is 0 Å². The minimum atomic E-state index is -3.04. The molecule has 2 rings (SSSR count). The van der Waals surface area contributed by atoms with E-state index in [4.69, 9.17) is 0 Å². The Morgan fingerprint density at radius 1 is 1.40 bits per heavy atom. The molecule has 112 valence electrons. The van der Waals surface area contributed by atoms with E-state index in [0.717, 1.165) is 18.2 Å². The molecule has 2 atom stereocenters. The first-order valence-electron chi connectivity index (χ1n) is 6.45. The molecule has 1 aliphatic rings. The van der Waals surface area contributed by atoms with Crippen molar-refractivity contribution < 1.29 is 22.3 Å². The topological polar surface area (TPSA) is 66.4 Å². The van der Waals surface area contributed by atoms with E-state index in [0.29, 0.717) is 12.8 Å². The van der Waals surface area contributed by atoms with Gasteiger partial charge in [0, 0.05) is 18.7 Å². The average Bonchev–Trinajstić information content (AvgIpc) is 2.71. The third-order valence-corrected chi connectivity index (χ3v) is 5.77. The van der Waals surface area contributed by atoms with Gasteiger partial charge in [0.05, 0.1) is 17.1 Å². The molecule has 0 saturated carbocycles. The fourth-order valence-electron chi connectivity index (χ4n) is 2.35. The maximum atomic E-state index is 13.4. The van der Waals surface area contributed by atoms with Gasteiger partial charge in [0.1, 0.15) is 11.6 Å². The van der Waals surface area contributed by atoms with Crippen molar-refractivity contribution in [2.75, 3.05) is 18.8 Å². The highest BCUT2D eigenvalue weighted by molar-refractivity contribution is 7.92. The molecular weight excluding hydrogens is 288 g/mol. The lowest BCUT2D eigenvalue weighted by molar-refractivity contribution is 0.169. The minimum Gasteiger partial charge on any atom is -0.387 e. The largest absolute Gasteiger partial charge is 0.387 e. The van der Waals surface area contributed by atoms with Gasteiger partial charge in [-0.15, -0.1) is 0 Å². The number of nitrogens with one attached hydrogen (secondary N) is 1. The Balaban J connectivity index is 1.89. The zero-order valence-corrected chi connectivity index (χ0v) is 11.7. The summed E-state index contributed by atoms with van der Waals surface area (Å²) >= 11 is 0. The molecule has 0 amide bonds. The summed E-state index contributed by atoms with van der Waals surface area (Å²) in [7, 11) is -3.04. The Morgan fingerprint density at radius 3 is 2.80 bits per heavy atom. The van der Waals surface area contributed by atoms with Crippen LogP contribution >= 0.6 is 0 Å². The summed E-state index contributed by atoms with van der Waals surface area (Å²) in [6.07, 6.45) is 0.0324. The predicted octanol–water partition coefficient (Wildman–Crippen LogP) is 1.17. The smallest absolute Gasteiger partial charge is 0.154 e. The lowest BCUT2D eigenvalue weighted by Gasteiger charge is -2.15. The van der Waals surface area contributed by atoms with Crippen molar-refractivity contribution in [3.63, 3.8) is 0 Å². The standard InChI is InChI=1S/C13H17F2NO3S/c14-9-3-4-12(15)11(6-9)13(17)8-16-7-10-2-1-5-20(10,18)19/h3-4,6,10,13,16-17H,1-2,5,7-8H2. The highest BCUT2D eigenvalue weighted by Crippen LogP contribution is 2.20. The van der Waals surface area contributed by atoms with Crippen molar-refractivity contribution in [3.8, 4) is 0 Å². The van der Waals surface area contributed by atoms with Gasteiger partial charge in [-0.25, -0.2) is 17.2 Å². The second-order valence-electron chi connectivity index (χ2n) is 4.97. The maximum absolute atomic E-state index is 13.4. The molecule has 2 unspecified atom stereocenters. The van der Waals surface area contributed by atoms with Crippen molar-refractivity contribution in [1.82, 2.24) is 5.32 Å². The van der Waals surface area contributed by atoms with Gasteiger partial charge in [0.2, 0.25) is 0 Å². The van der Waals surface area contributed by atoms with Crippen LogP contribution in [0.3, 0.4) is 0 Å². The summed E-state index contributed by atoms with van der Waals surface area (Å²) in [6.45, 7) is 0.197. The molecule has 4 nitrogen and oxygen atoms in total. The van der Waals surface area contributed by atoms with Gasteiger partial charge in [-0.05, 0) is 31.0 Å². The summed E-state index contributed by atoms with van der Waals surface area (Å²) in [5.41, 5.74) is -0.133. The van der Waals surface area contributed by atoms with Gasteiger partial charge >= 0.3 is 0 Å². The fraction of sp³-hybridized carbons (Fsp3) is 0.538. The van der Waals surface area contributed by atoms with Crippen LogP contribution in [0.1, 0.15) is 24.5 Å². The first-order chi connectivity index (χ1) is 9.40. The molecule has 1 aromatic rings. The molecule has 1 saturated heterocycles. The molecule has 0 aromatic heterocycles. The number of aliphatic hydroxyl groups excluding tert-OH is 1. The van der Waals surface area contributed by atoms with Gasteiger partial charge in [-0.2, -0.15) is 0 Å². The third kappa shape index (κ3) is 3.53. The third-order valence-electron chi connectivity index (χ3n) is 3.49. The van der Waals surface area contributed by atoms with Crippen LogP contribution < -0.4 is 5.32 Å². The van der Waals surface area contributed by atoms with Gasteiger partial charge < -0.3 is 10.4 Å². The van der Waals surface area contributed by atoms with Crippen LogP contribution in [0.4, 0.5) is 8.78 Å². The van der Waals surface area contributed by atoms with Crippen LogP contribution in [0.25, 0.3) is 0 Å². The second kappa shape index (κ2) is 6.15. The van der Waals surface area contributed by atoms with E-state index < -0.39 is 32.8 Å². The zero-order chi connectivity index (χ0) is 14.8. The highest BCUT2D eigenvalue weighted by Gasteiger charge is 2.30. The van der Waals surface area contributed by atoms with Crippen LogP contribution in [-0.4, -0.2) is 37.6 Å². The molecule has 1 fully saturated rings. The average molecular weight is 305 g/mol. The molecule has 7 heteroatoms. The molecule has 1 aliphatic heterocycles. The van der Waals surface area contributed by atoms with Crippen molar-refractivity contribution >= 4 is 9.84 Å². The van der Waals surface area contributed by atoms with E-state index in [-0.39, 0.29) is 24.4 Å². The van der Waals surface area contributed by atoms with Gasteiger partial charge in [-0.1, -0.05) is 0 Å². The number of hydrogen-bond donors (Lipinski definition) is 2. The van der Waals surface area contributed by atoms with E-state index in [1.807, 2.05) is 0 Å². The minimum absolute atomic E-state index is 0.0214. The van der Waals surface area contributed by atoms with E-state index in [2.05, 4.69) is 5.32 Å². The van der Waals surface area contributed by atoms with Crippen molar-refractivity contribution in [2.45, 2.75) is 24.2 Å². The van der Waals surface area contributed by atoms with E-state index in [1.54, 1.807) is 0 Å². The summed E-state index contributed by atoms with van der Waals surface area (Å²) in [6, 6.07) is 2.87. The summed E-state index contributed by atoms with van der Waals surface area (Å²) in [4.78, 5) is 0. The molecule has 0 aliphatic carbocycles. The lowest BCUT2D eigenvalue weighted by Crippen LogP contribution is -2.33. The first kappa shape index (κ1) is 15.3. The molecule has 0 radical (unpaired) electrons. The molecule has 0 bridgehead atoms. The quantitative estimate of drug-likeness (QED) is 0.857. The van der Waals surface area contributed by atoms with Crippen molar-refractivity contribution in [3.05, 3.63) is 35.4 Å². The fourth-order valence-corrected chi connectivity index (χ4v) is 4.15. The lowest BCUT2D eigenvalue weighted by atomic mass is 10.1. The normalized spacial score (nSPS) is 22.9. The van der Waals surface area contributed by atoms with Gasteiger partial charge in [0.25, 0.3) is 0 Å². The number of aliphatic hydroxyl groups is 1. The molecule has 1 heterocycles. The Kier molecular flexibility index (Phi) is 4.72. The number of benzene rings is 1. The van der Waals surface area contributed by atoms with E-state index in [1.165, 1.54) is 0 Å². The van der Waals surface area contributed by atoms with Crippen LogP contribution in [0.2, 0.25) is 0 Å². The number of sulfone groups is 1. The van der Waals surface area contributed by atoms with Gasteiger partial charge in [-0.3, -0.25) is 0 Å². The van der Waals surface area contributed by atoms with Gasteiger partial charge in [0.15, 0.2) is 9.84 Å². The SMILES string of the molecule is O=S1(=O)CCCC1CNCC(O)c1cc(F)ccc1F. The molecule has 0 spiro atoms.